The third-order valence-corrected chi connectivity index (χ3v) is 3.86. The van der Waals surface area contributed by atoms with Crippen LogP contribution in [0.2, 0.25) is 0 Å². The van der Waals surface area contributed by atoms with E-state index in [1.807, 2.05) is 31.2 Å². The third-order valence-electron chi connectivity index (χ3n) is 2.83. The number of nitrogens with zero attached hydrogens (tertiary/aromatic N) is 1. The van der Waals surface area contributed by atoms with Crippen molar-refractivity contribution in [3.05, 3.63) is 34.7 Å². The summed E-state index contributed by atoms with van der Waals surface area (Å²) in [6.07, 6.45) is 0. The van der Waals surface area contributed by atoms with Crippen LogP contribution in [0.15, 0.2) is 24.3 Å². The fourth-order valence-corrected chi connectivity index (χ4v) is 2.47. The molecule has 0 saturated carbocycles. The van der Waals surface area contributed by atoms with Gasteiger partial charge in [0.25, 0.3) is 5.91 Å². The predicted molar refractivity (Wildman–Crippen MR) is 89.0 cm³/mol. The van der Waals surface area contributed by atoms with E-state index in [9.17, 15) is 4.79 Å². The first kappa shape index (κ1) is 15.3. The summed E-state index contributed by atoms with van der Waals surface area (Å²) in [4.78, 5) is 16.8. The largest absolute Gasteiger partial charge is 0.382 e. The number of carbonyl (C=O) groups excluding carboxylic acids is 1. The molecule has 4 N–H and O–H groups in total. The number of nitrogens with two attached hydrogens (primary N) is 1. The molecule has 2 rings (SSSR count). The van der Waals surface area contributed by atoms with Crippen molar-refractivity contribution in [3.63, 3.8) is 0 Å². The van der Waals surface area contributed by atoms with Gasteiger partial charge < -0.3 is 16.4 Å². The van der Waals surface area contributed by atoms with Crippen molar-refractivity contribution in [1.82, 2.24) is 4.98 Å². The van der Waals surface area contributed by atoms with E-state index < -0.39 is 0 Å². The Morgan fingerprint density at radius 2 is 2.00 bits per heavy atom. The van der Waals surface area contributed by atoms with E-state index in [4.69, 9.17) is 5.73 Å². The van der Waals surface area contributed by atoms with Crippen molar-refractivity contribution in [2.24, 2.45) is 5.92 Å². The van der Waals surface area contributed by atoms with Gasteiger partial charge in [0.1, 0.15) is 10.7 Å². The van der Waals surface area contributed by atoms with Crippen LogP contribution in [0.3, 0.4) is 0 Å². The minimum atomic E-state index is -0.230. The molecule has 0 aliphatic heterocycles. The topological polar surface area (TPSA) is 80.0 Å². The maximum atomic E-state index is 12.2. The van der Waals surface area contributed by atoms with E-state index >= 15 is 0 Å². The molecule has 21 heavy (non-hydrogen) atoms. The van der Waals surface area contributed by atoms with E-state index in [2.05, 4.69) is 29.5 Å². The highest BCUT2D eigenvalue weighted by molar-refractivity contribution is 7.18. The number of nitrogens with one attached hydrogen (secondary N) is 2. The average molecular weight is 304 g/mol. The molecule has 0 aliphatic rings. The molecule has 112 valence electrons. The van der Waals surface area contributed by atoms with Crippen LogP contribution >= 0.6 is 11.3 Å². The summed E-state index contributed by atoms with van der Waals surface area (Å²) >= 11 is 1.27. The molecule has 6 heteroatoms. The quantitative estimate of drug-likeness (QED) is 0.791. The number of amides is 1. The van der Waals surface area contributed by atoms with Crippen molar-refractivity contribution in [2.45, 2.75) is 20.8 Å². The van der Waals surface area contributed by atoms with E-state index in [1.165, 1.54) is 11.3 Å². The van der Waals surface area contributed by atoms with Crippen molar-refractivity contribution in [1.29, 1.82) is 0 Å². The highest BCUT2D eigenvalue weighted by Gasteiger charge is 2.16. The van der Waals surface area contributed by atoms with Crippen LogP contribution in [-0.4, -0.2) is 17.4 Å². The van der Waals surface area contributed by atoms with E-state index in [1.54, 1.807) is 0 Å². The molecule has 0 saturated heterocycles. The first-order valence-electron chi connectivity index (χ1n) is 6.84. The highest BCUT2D eigenvalue weighted by atomic mass is 32.1. The third kappa shape index (κ3) is 4.19. The number of benzene rings is 1. The number of anilines is 3. The van der Waals surface area contributed by atoms with Gasteiger partial charge >= 0.3 is 0 Å². The first-order valence-corrected chi connectivity index (χ1v) is 7.65. The molecule has 1 heterocycles. The summed E-state index contributed by atoms with van der Waals surface area (Å²) in [6.45, 7) is 7.01. The van der Waals surface area contributed by atoms with Crippen LogP contribution < -0.4 is 16.4 Å². The number of carbonyl (C=O) groups is 1. The SMILES string of the molecule is Cc1ccc(NC(=O)c2sc(NCC(C)C)nc2N)cc1. The van der Waals surface area contributed by atoms with Crippen LogP contribution in [0.5, 0.6) is 0 Å². The summed E-state index contributed by atoms with van der Waals surface area (Å²) in [5.74, 6) is 0.530. The Bertz CT molecular complexity index is 619. The molecular weight excluding hydrogens is 284 g/mol. The van der Waals surface area contributed by atoms with E-state index in [0.29, 0.717) is 15.9 Å². The standard InChI is InChI=1S/C15H20N4OS/c1-9(2)8-17-15-19-13(16)12(21-15)14(20)18-11-6-4-10(3)5-7-11/h4-7,9H,8,16H2,1-3H3,(H,17,19)(H,18,20). The molecule has 0 spiro atoms. The lowest BCUT2D eigenvalue weighted by Crippen LogP contribution is -2.12. The molecule has 0 bridgehead atoms. The van der Waals surface area contributed by atoms with E-state index in [0.717, 1.165) is 17.8 Å². The summed E-state index contributed by atoms with van der Waals surface area (Å²) in [7, 11) is 0. The second-order valence-corrected chi connectivity index (χ2v) is 6.33. The zero-order valence-electron chi connectivity index (χ0n) is 12.4. The predicted octanol–water partition coefficient (Wildman–Crippen LogP) is 3.35. The Kier molecular flexibility index (Phi) is 4.80. The van der Waals surface area contributed by atoms with Gasteiger partial charge in [-0.1, -0.05) is 42.9 Å². The van der Waals surface area contributed by atoms with Crippen LogP contribution in [0.4, 0.5) is 16.6 Å². The average Bonchev–Trinajstić information content (AvgIpc) is 2.80. The molecule has 2 aromatic rings. The lowest BCUT2D eigenvalue weighted by atomic mass is 10.2. The molecule has 0 radical (unpaired) electrons. The normalized spacial score (nSPS) is 10.7. The fraction of sp³-hybridized carbons (Fsp3) is 0.333. The van der Waals surface area contributed by atoms with Crippen LogP contribution in [-0.2, 0) is 0 Å². The maximum Gasteiger partial charge on any atom is 0.269 e. The lowest BCUT2D eigenvalue weighted by molar-refractivity contribution is 0.103. The van der Waals surface area contributed by atoms with Crippen LogP contribution in [0.25, 0.3) is 0 Å². The molecule has 1 amide bonds. The highest BCUT2D eigenvalue weighted by Crippen LogP contribution is 2.26. The number of aromatic nitrogens is 1. The number of thiazole rings is 1. The summed E-state index contributed by atoms with van der Waals surface area (Å²) < 4.78 is 0. The Hall–Kier alpha value is -2.08. The summed E-state index contributed by atoms with van der Waals surface area (Å²) in [5.41, 5.74) is 7.71. The minimum absolute atomic E-state index is 0.230. The zero-order chi connectivity index (χ0) is 15.4. The van der Waals surface area contributed by atoms with Gasteiger partial charge in [0.2, 0.25) is 0 Å². The molecule has 0 unspecified atom stereocenters. The number of hydrogen-bond donors (Lipinski definition) is 3. The Morgan fingerprint density at radius 3 is 2.62 bits per heavy atom. The van der Waals surface area contributed by atoms with Gasteiger partial charge in [0.05, 0.1) is 0 Å². The molecule has 5 nitrogen and oxygen atoms in total. The minimum Gasteiger partial charge on any atom is -0.382 e. The Morgan fingerprint density at radius 1 is 1.33 bits per heavy atom. The van der Waals surface area contributed by atoms with Gasteiger partial charge in [-0.15, -0.1) is 0 Å². The summed E-state index contributed by atoms with van der Waals surface area (Å²) in [6, 6.07) is 7.62. The van der Waals surface area contributed by atoms with Crippen molar-refractivity contribution in [3.8, 4) is 0 Å². The van der Waals surface area contributed by atoms with Crippen LogP contribution in [0, 0.1) is 12.8 Å². The van der Waals surface area contributed by atoms with Gasteiger partial charge in [-0.05, 0) is 25.0 Å². The first-order chi connectivity index (χ1) is 9.95. The van der Waals surface area contributed by atoms with Crippen LogP contribution in [0.1, 0.15) is 29.1 Å². The van der Waals surface area contributed by atoms with Crippen molar-refractivity contribution >= 4 is 33.9 Å². The summed E-state index contributed by atoms with van der Waals surface area (Å²) in [5, 5.41) is 6.68. The monoisotopic (exact) mass is 304 g/mol. The molecule has 0 atom stereocenters. The fourth-order valence-electron chi connectivity index (χ4n) is 1.69. The molecule has 1 aromatic carbocycles. The van der Waals surface area contributed by atoms with Gasteiger partial charge in [-0.3, -0.25) is 4.79 Å². The van der Waals surface area contributed by atoms with E-state index in [-0.39, 0.29) is 11.7 Å². The smallest absolute Gasteiger partial charge is 0.269 e. The van der Waals surface area contributed by atoms with Crippen molar-refractivity contribution < 1.29 is 4.79 Å². The second-order valence-electron chi connectivity index (χ2n) is 5.33. The molecule has 0 fully saturated rings. The van der Waals surface area contributed by atoms with Crippen molar-refractivity contribution in [2.75, 3.05) is 22.9 Å². The number of nitrogen functional groups attached to an aromatic ring is 1. The van der Waals surface area contributed by atoms with Gasteiger partial charge in [-0.25, -0.2) is 4.98 Å². The molecular formula is C15H20N4OS. The Labute approximate surface area is 128 Å². The molecule has 1 aromatic heterocycles. The zero-order valence-corrected chi connectivity index (χ0v) is 13.3. The maximum absolute atomic E-state index is 12.2. The number of hydrogen-bond acceptors (Lipinski definition) is 5. The molecule has 0 aliphatic carbocycles. The number of aryl methyl sites for hydroxylation is 1. The van der Waals surface area contributed by atoms with Gasteiger partial charge in [0, 0.05) is 12.2 Å². The second kappa shape index (κ2) is 6.58. The van der Waals surface area contributed by atoms with Gasteiger partial charge in [-0.2, -0.15) is 0 Å². The number of rotatable bonds is 5. The Balaban J connectivity index is 2.06. The van der Waals surface area contributed by atoms with Gasteiger partial charge in [0.15, 0.2) is 5.13 Å². The lowest BCUT2D eigenvalue weighted by Gasteiger charge is -2.04.